The minimum Gasteiger partial charge on any atom is -0.211 e. The SMILES string of the molecule is Cc1ccc(C)c(S(=O)(=O)NCCCC(C)Br)c1. The number of alkyl halides is 1. The van der Waals surface area contributed by atoms with Gasteiger partial charge in [0.2, 0.25) is 10.0 Å². The van der Waals surface area contributed by atoms with Gasteiger partial charge >= 0.3 is 0 Å². The fourth-order valence-corrected chi connectivity index (χ4v) is 3.39. The monoisotopic (exact) mass is 333 g/mol. The van der Waals surface area contributed by atoms with Crippen molar-refractivity contribution >= 4 is 26.0 Å². The molecule has 0 aliphatic rings. The lowest BCUT2D eigenvalue weighted by Gasteiger charge is -2.10. The number of hydrogen-bond donors (Lipinski definition) is 1. The zero-order chi connectivity index (χ0) is 13.8. The van der Waals surface area contributed by atoms with Crippen LogP contribution in [0.15, 0.2) is 23.1 Å². The molecule has 0 saturated carbocycles. The van der Waals surface area contributed by atoms with E-state index in [9.17, 15) is 8.42 Å². The summed E-state index contributed by atoms with van der Waals surface area (Å²) in [5.41, 5.74) is 1.73. The molecule has 1 aromatic rings. The van der Waals surface area contributed by atoms with Crippen molar-refractivity contribution in [1.29, 1.82) is 0 Å². The molecular formula is C13H20BrNO2S. The van der Waals surface area contributed by atoms with E-state index < -0.39 is 10.0 Å². The van der Waals surface area contributed by atoms with Gasteiger partial charge in [-0.1, -0.05) is 35.0 Å². The fourth-order valence-electron chi connectivity index (χ4n) is 1.66. The summed E-state index contributed by atoms with van der Waals surface area (Å²) in [7, 11) is -3.38. The minimum absolute atomic E-state index is 0.384. The molecule has 1 N–H and O–H groups in total. The molecule has 1 aromatic carbocycles. The lowest BCUT2D eigenvalue weighted by Crippen LogP contribution is -2.25. The summed E-state index contributed by atoms with van der Waals surface area (Å²) >= 11 is 3.44. The number of hydrogen-bond acceptors (Lipinski definition) is 2. The van der Waals surface area contributed by atoms with Crippen molar-refractivity contribution in [2.75, 3.05) is 6.54 Å². The Morgan fingerprint density at radius 3 is 2.61 bits per heavy atom. The van der Waals surface area contributed by atoms with Crippen molar-refractivity contribution in [2.24, 2.45) is 0 Å². The van der Waals surface area contributed by atoms with Crippen LogP contribution >= 0.6 is 15.9 Å². The summed E-state index contributed by atoms with van der Waals surface area (Å²) in [4.78, 5) is 0.803. The second-order valence-corrected chi connectivity index (χ2v) is 7.89. The summed E-state index contributed by atoms with van der Waals surface area (Å²) in [6.45, 7) is 6.24. The Hall–Kier alpha value is -0.390. The van der Waals surface area contributed by atoms with Crippen LogP contribution in [0.2, 0.25) is 0 Å². The third-order valence-corrected chi connectivity index (χ3v) is 4.76. The Kier molecular flexibility index (Phi) is 5.82. The van der Waals surface area contributed by atoms with Crippen LogP contribution in [0.1, 0.15) is 30.9 Å². The lowest BCUT2D eigenvalue weighted by atomic mass is 10.2. The molecule has 0 aliphatic heterocycles. The Balaban J connectivity index is 2.71. The van der Waals surface area contributed by atoms with Gasteiger partial charge in [-0.2, -0.15) is 0 Å². The molecule has 1 atom stereocenters. The number of nitrogens with one attached hydrogen (secondary N) is 1. The molecule has 0 radical (unpaired) electrons. The van der Waals surface area contributed by atoms with Crippen molar-refractivity contribution in [3.8, 4) is 0 Å². The Morgan fingerprint density at radius 1 is 1.33 bits per heavy atom. The minimum atomic E-state index is -3.38. The van der Waals surface area contributed by atoms with Gasteiger partial charge in [0.1, 0.15) is 0 Å². The van der Waals surface area contributed by atoms with Gasteiger partial charge in [-0.25, -0.2) is 13.1 Å². The van der Waals surface area contributed by atoms with E-state index in [-0.39, 0.29) is 0 Å². The second-order valence-electron chi connectivity index (χ2n) is 4.59. The Labute approximate surface area is 118 Å². The molecule has 3 nitrogen and oxygen atoms in total. The van der Waals surface area contributed by atoms with Gasteiger partial charge in [-0.15, -0.1) is 0 Å². The van der Waals surface area contributed by atoms with E-state index in [0.29, 0.717) is 16.3 Å². The first-order valence-electron chi connectivity index (χ1n) is 6.04. The van der Waals surface area contributed by atoms with E-state index >= 15 is 0 Å². The maximum Gasteiger partial charge on any atom is 0.240 e. The third-order valence-electron chi connectivity index (χ3n) is 2.70. The van der Waals surface area contributed by atoms with Crippen LogP contribution in [0.5, 0.6) is 0 Å². The standard InChI is InChI=1S/C13H20BrNO2S/c1-10-6-7-11(2)13(9-10)18(16,17)15-8-4-5-12(3)14/h6-7,9,12,15H,4-5,8H2,1-3H3. The third kappa shape index (κ3) is 4.71. The summed E-state index contributed by atoms with van der Waals surface area (Å²) in [5, 5.41) is 0. The van der Waals surface area contributed by atoms with Crippen molar-refractivity contribution in [3.05, 3.63) is 29.3 Å². The Bertz CT molecular complexity index is 498. The largest absolute Gasteiger partial charge is 0.240 e. The molecule has 1 rings (SSSR count). The van der Waals surface area contributed by atoms with Crippen LogP contribution in [0.4, 0.5) is 0 Å². The van der Waals surface area contributed by atoms with Gasteiger partial charge in [0.05, 0.1) is 4.90 Å². The maximum atomic E-state index is 12.1. The van der Waals surface area contributed by atoms with E-state index in [2.05, 4.69) is 27.6 Å². The van der Waals surface area contributed by atoms with Gasteiger partial charge < -0.3 is 0 Å². The number of sulfonamides is 1. The van der Waals surface area contributed by atoms with E-state index in [4.69, 9.17) is 0 Å². The zero-order valence-electron chi connectivity index (χ0n) is 11.0. The van der Waals surface area contributed by atoms with Crippen LogP contribution in [0, 0.1) is 13.8 Å². The van der Waals surface area contributed by atoms with Crippen molar-refractivity contribution in [2.45, 2.75) is 43.3 Å². The predicted molar refractivity (Wildman–Crippen MR) is 78.7 cm³/mol. The lowest BCUT2D eigenvalue weighted by molar-refractivity contribution is 0.576. The van der Waals surface area contributed by atoms with Crippen LogP contribution < -0.4 is 4.72 Å². The summed E-state index contributed by atoms with van der Waals surface area (Å²) in [6, 6.07) is 5.47. The first-order valence-corrected chi connectivity index (χ1v) is 8.44. The van der Waals surface area contributed by atoms with Gasteiger partial charge in [-0.3, -0.25) is 0 Å². The first kappa shape index (κ1) is 15.7. The maximum absolute atomic E-state index is 12.1. The second kappa shape index (κ2) is 6.68. The predicted octanol–water partition coefficient (Wildman–Crippen LogP) is 3.15. The zero-order valence-corrected chi connectivity index (χ0v) is 13.4. The van der Waals surface area contributed by atoms with Crippen LogP contribution in [-0.2, 0) is 10.0 Å². The summed E-state index contributed by atoms with van der Waals surface area (Å²) in [6.07, 6.45) is 1.78. The van der Waals surface area contributed by atoms with Crippen LogP contribution in [0.25, 0.3) is 0 Å². The van der Waals surface area contributed by atoms with E-state index in [1.54, 1.807) is 6.07 Å². The van der Waals surface area contributed by atoms with Crippen molar-refractivity contribution < 1.29 is 8.42 Å². The fraction of sp³-hybridized carbons (Fsp3) is 0.538. The number of benzene rings is 1. The average Bonchev–Trinajstić information content (AvgIpc) is 2.27. The molecule has 0 saturated heterocycles. The van der Waals surface area contributed by atoms with Crippen LogP contribution in [0.3, 0.4) is 0 Å². The molecule has 0 amide bonds. The molecular weight excluding hydrogens is 314 g/mol. The Morgan fingerprint density at radius 2 is 2.00 bits per heavy atom. The van der Waals surface area contributed by atoms with Crippen LogP contribution in [-0.4, -0.2) is 19.8 Å². The van der Waals surface area contributed by atoms with Gasteiger partial charge in [0.25, 0.3) is 0 Å². The van der Waals surface area contributed by atoms with Crippen molar-refractivity contribution in [3.63, 3.8) is 0 Å². The molecule has 0 bridgehead atoms. The summed E-state index contributed by atoms with van der Waals surface area (Å²) in [5.74, 6) is 0. The topological polar surface area (TPSA) is 46.2 Å². The smallest absolute Gasteiger partial charge is 0.211 e. The highest BCUT2D eigenvalue weighted by Crippen LogP contribution is 2.16. The molecule has 1 unspecified atom stereocenters. The van der Waals surface area contributed by atoms with E-state index in [1.165, 1.54) is 0 Å². The van der Waals surface area contributed by atoms with E-state index in [0.717, 1.165) is 24.0 Å². The molecule has 0 spiro atoms. The molecule has 18 heavy (non-hydrogen) atoms. The normalized spacial score (nSPS) is 13.6. The first-order chi connectivity index (χ1) is 8.33. The quantitative estimate of drug-likeness (QED) is 0.642. The van der Waals surface area contributed by atoms with Gasteiger partial charge in [-0.05, 0) is 43.9 Å². The van der Waals surface area contributed by atoms with Gasteiger partial charge in [0.15, 0.2) is 0 Å². The summed E-state index contributed by atoms with van der Waals surface area (Å²) < 4.78 is 26.9. The molecule has 0 fully saturated rings. The van der Waals surface area contributed by atoms with Crippen molar-refractivity contribution in [1.82, 2.24) is 4.72 Å². The van der Waals surface area contributed by atoms with Gasteiger partial charge in [0, 0.05) is 11.4 Å². The van der Waals surface area contributed by atoms with E-state index in [1.807, 2.05) is 26.0 Å². The molecule has 5 heteroatoms. The number of halogens is 1. The number of aryl methyl sites for hydroxylation is 2. The number of rotatable bonds is 6. The molecule has 0 aliphatic carbocycles. The highest BCUT2D eigenvalue weighted by atomic mass is 79.9. The highest BCUT2D eigenvalue weighted by Gasteiger charge is 2.16. The average molecular weight is 334 g/mol. The molecule has 0 heterocycles. The highest BCUT2D eigenvalue weighted by molar-refractivity contribution is 9.09. The molecule has 0 aromatic heterocycles. The molecule has 102 valence electrons.